The van der Waals surface area contributed by atoms with E-state index in [4.69, 9.17) is 0 Å². The van der Waals surface area contributed by atoms with Crippen LogP contribution >= 0.6 is 18.8 Å². The van der Waals surface area contributed by atoms with Gasteiger partial charge in [-0.3, -0.25) is 0 Å². The standard InChI is InChI=1S/C4H10S2.Sn/c1-2-3-4-6-5;/h5H,2-4H2,1H3;/q;+4/p-1. The summed E-state index contributed by atoms with van der Waals surface area (Å²) in [6.07, 6.45) is 2.72. The summed E-state index contributed by atoms with van der Waals surface area (Å²) in [5.74, 6) is 1.34. The Morgan fingerprint density at radius 3 is 2.71 bits per heavy atom. The van der Waals surface area contributed by atoms with Gasteiger partial charge in [-0.15, -0.1) is 0 Å². The van der Waals surface area contributed by atoms with Gasteiger partial charge in [0.15, 0.2) is 0 Å². The average Bonchev–Trinajstić information content (AvgIpc) is 1.69. The van der Waals surface area contributed by atoms with Crippen LogP contribution in [0, 0.1) is 0 Å². The fraction of sp³-hybridized carbons (Fsp3) is 1.00. The molecule has 0 aromatic heterocycles. The molecule has 0 fully saturated rings. The Morgan fingerprint density at radius 2 is 2.29 bits per heavy atom. The monoisotopic (exact) mass is 241 g/mol. The van der Waals surface area contributed by atoms with E-state index in [0.29, 0.717) is 0 Å². The van der Waals surface area contributed by atoms with Crippen LogP contribution in [0.4, 0.5) is 0 Å². The third-order valence-corrected chi connectivity index (χ3v) is 5.09. The summed E-state index contributed by atoms with van der Waals surface area (Å²) in [6, 6.07) is 0. The molecule has 0 aliphatic rings. The zero-order chi connectivity index (χ0) is 5.54. The van der Waals surface area contributed by atoms with Gasteiger partial charge in [0.25, 0.3) is 0 Å². The molecule has 0 saturated carbocycles. The molecule has 0 aliphatic carbocycles. The van der Waals surface area contributed by atoms with Gasteiger partial charge in [0.2, 0.25) is 0 Å². The van der Waals surface area contributed by atoms with E-state index >= 15 is 0 Å². The van der Waals surface area contributed by atoms with Crippen LogP contribution in [-0.4, -0.2) is 26.9 Å². The van der Waals surface area contributed by atoms with Crippen molar-refractivity contribution in [1.82, 2.24) is 0 Å². The second-order valence-corrected chi connectivity index (χ2v) is 7.56. The molecule has 0 aliphatic heterocycles. The first kappa shape index (κ1) is 8.50. The van der Waals surface area contributed by atoms with Gasteiger partial charge in [0.05, 0.1) is 0 Å². The van der Waals surface area contributed by atoms with E-state index in [1.807, 2.05) is 18.8 Å². The Balaban J connectivity index is 2.45. The van der Waals surface area contributed by atoms with Crippen molar-refractivity contribution in [2.75, 3.05) is 5.75 Å². The predicted molar refractivity (Wildman–Crippen MR) is 40.7 cm³/mol. The molecular formula is C4H9S2Sn+3. The van der Waals surface area contributed by atoms with E-state index in [1.165, 1.54) is 18.6 Å². The zero-order valence-electron chi connectivity index (χ0n) is 4.44. The van der Waals surface area contributed by atoms with E-state index in [1.54, 1.807) is 21.1 Å². The first-order valence-corrected chi connectivity index (χ1v) is 8.18. The molecule has 0 amide bonds. The molecule has 0 aromatic rings. The summed E-state index contributed by atoms with van der Waals surface area (Å²) in [5, 5.41) is 0. The third kappa shape index (κ3) is 7.50. The maximum atomic E-state index is 2.23. The summed E-state index contributed by atoms with van der Waals surface area (Å²) < 4.78 is 0. The Hall–Kier alpha value is 1.50. The van der Waals surface area contributed by atoms with Crippen LogP contribution in [0.25, 0.3) is 0 Å². The molecule has 0 saturated heterocycles. The fourth-order valence-electron chi connectivity index (χ4n) is 0.245. The summed E-state index contributed by atoms with van der Waals surface area (Å²) in [4.78, 5) is 0. The van der Waals surface area contributed by atoms with Crippen LogP contribution in [0.3, 0.4) is 0 Å². The van der Waals surface area contributed by atoms with E-state index in [2.05, 4.69) is 6.92 Å². The van der Waals surface area contributed by atoms with E-state index in [0.717, 1.165) is 0 Å². The first-order chi connectivity index (χ1) is 3.41. The van der Waals surface area contributed by atoms with Crippen LogP contribution in [0.1, 0.15) is 19.8 Å². The van der Waals surface area contributed by atoms with Gasteiger partial charge >= 0.3 is 65.4 Å². The summed E-state index contributed by atoms with van der Waals surface area (Å²) >= 11 is 1.58. The summed E-state index contributed by atoms with van der Waals surface area (Å²) in [6.45, 7) is 2.23. The SMILES string of the molecule is CCCCS[S][Sn+3]. The van der Waals surface area contributed by atoms with Crippen molar-refractivity contribution in [3.8, 4) is 0 Å². The average molecular weight is 240 g/mol. The number of hydrogen-bond acceptors (Lipinski definition) is 2. The first-order valence-electron chi connectivity index (χ1n) is 2.37. The second-order valence-electron chi connectivity index (χ2n) is 1.26. The molecule has 0 unspecified atom stereocenters. The molecular weight excluding hydrogens is 231 g/mol. The second kappa shape index (κ2) is 7.50. The molecule has 0 rings (SSSR count). The van der Waals surface area contributed by atoms with Gasteiger partial charge in [-0.2, -0.15) is 0 Å². The molecule has 0 bridgehead atoms. The van der Waals surface area contributed by atoms with Gasteiger partial charge in [-0.25, -0.2) is 0 Å². The Labute approximate surface area is 65.1 Å². The molecule has 0 atom stereocenters. The number of hydrogen-bond donors (Lipinski definition) is 0. The minimum atomic E-state index is 1.34. The maximum absolute atomic E-state index is 2.23. The van der Waals surface area contributed by atoms with Gasteiger partial charge < -0.3 is 0 Å². The molecule has 0 spiro atoms. The van der Waals surface area contributed by atoms with E-state index in [-0.39, 0.29) is 0 Å². The molecule has 0 aromatic carbocycles. The van der Waals surface area contributed by atoms with Gasteiger partial charge in [0.1, 0.15) is 0 Å². The van der Waals surface area contributed by atoms with Crippen LogP contribution < -0.4 is 0 Å². The molecule has 0 nitrogen and oxygen atoms in total. The Kier molecular flexibility index (Phi) is 9.10. The molecule has 38 valence electrons. The van der Waals surface area contributed by atoms with Crippen LogP contribution in [-0.2, 0) is 0 Å². The summed E-state index contributed by atoms with van der Waals surface area (Å²) in [7, 11) is 3.94. The van der Waals surface area contributed by atoms with Crippen molar-refractivity contribution in [1.29, 1.82) is 0 Å². The number of rotatable bonds is 4. The number of unbranched alkanes of at least 4 members (excludes halogenated alkanes) is 1. The quantitative estimate of drug-likeness (QED) is 0.420. The normalized spacial score (nSPS) is 9.57. The van der Waals surface area contributed by atoms with Crippen LogP contribution in [0.5, 0.6) is 0 Å². The van der Waals surface area contributed by atoms with Crippen molar-refractivity contribution < 1.29 is 0 Å². The van der Waals surface area contributed by atoms with Gasteiger partial charge in [0, 0.05) is 0 Å². The van der Waals surface area contributed by atoms with Gasteiger partial charge in [-0.1, -0.05) is 0 Å². The Morgan fingerprint density at radius 1 is 1.57 bits per heavy atom. The van der Waals surface area contributed by atoms with Gasteiger partial charge in [-0.05, 0) is 0 Å². The third-order valence-electron chi connectivity index (χ3n) is 0.640. The zero-order valence-corrected chi connectivity index (χ0v) is 8.92. The minimum absolute atomic E-state index is 1.34. The molecule has 7 heavy (non-hydrogen) atoms. The van der Waals surface area contributed by atoms with Crippen LogP contribution in [0.2, 0.25) is 0 Å². The predicted octanol–water partition coefficient (Wildman–Crippen LogP) is 2.25. The van der Waals surface area contributed by atoms with Crippen molar-refractivity contribution in [3.05, 3.63) is 0 Å². The topological polar surface area (TPSA) is 0 Å². The molecule has 0 heterocycles. The fourth-order valence-corrected chi connectivity index (χ4v) is 3.48. The van der Waals surface area contributed by atoms with Crippen LogP contribution in [0.15, 0.2) is 0 Å². The van der Waals surface area contributed by atoms with Crippen molar-refractivity contribution in [2.45, 2.75) is 19.8 Å². The van der Waals surface area contributed by atoms with Crippen molar-refractivity contribution >= 4 is 39.9 Å². The molecule has 0 N–H and O–H groups in total. The van der Waals surface area contributed by atoms with Crippen molar-refractivity contribution in [2.24, 2.45) is 0 Å². The van der Waals surface area contributed by atoms with Crippen molar-refractivity contribution in [3.63, 3.8) is 0 Å². The molecule has 3 heteroatoms. The van der Waals surface area contributed by atoms with E-state index in [9.17, 15) is 0 Å². The Bertz CT molecular complexity index is 28.9. The molecule has 0 radical (unpaired) electrons. The summed E-state index contributed by atoms with van der Waals surface area (Å²) in [5.41, 5.74) is 0. The van der Waals surface area contributed by atoms with E-state index < -0.39 is 0 Å².